The van der Waals surface area contributed by atoms with Crippen LogP contribution in [-0.4, -0.2) is 53.6 Å². The van der Waals surface area contributed by atoms with Gasteiger partial charge in [-0.2, -0.15) is 0 Å². The molecule has 1 rings (SSSR count). The van der Waals surface area contributed by atoms with E-state index in [-0.39, 0.29) is 18.4 Å². The quantitative estimate of drug-likeness (QED) is 0.574. The van der Waals surface area contributed by atoms with Crippen LogP contribution < -0.4 is 11.1 Å². The van der Waals surface area contributed by atoms with Crippen molar-refractivity contribution in [2.45, 2.75) is 51.1 Å². The Bertz CT molecular complexity index is 310. The zero-order valence-corrected chi connectivity index (χ0v) is 11.6. The summed E-state index contributed by atoms with van der Waals surface area (Å²) in [4.78, 5) is 24.3. The molecule has 1 heterocycles. The van der Waals surface area contributed by atoms with E-state index in [1.165, 1.54) is 6.42 Å². The van der Waals surface area contributed by atoms with Gasteiger partial charge in [0.2, 0.25) is 5.91 Å². The Balaban J connectivity index is 2.30. The lowest BCUT2D eigenvalue weighted by atomic mass is 9.96. The highest BCUT2D eigenvalue weighted by molar-refractivity contribution is 5.78. The number of nitrogens with one attached hydrogen (secondary N) is 1. The number of aliphatic carboxylic acids is 1. The minimum Gasteiger partial charge on any atom is -0.481 e. The van der Waals surface area contributed by atoms with Gasteiger partial charge in [0.25, 0.3) is 0 Å². The first-order chi connectivity index (χ1) is 9.04. The van der Waals surface area contributed by atoms with E-state index in [2.05, 4.69) is 17.1 Å². The van der Waals surface area contributed by atoms with Gasteiger partial charge in [0.15, 0.2) is 0 Å². The lowest BCUT2D eigenvalue weighted by Gasteiger charge is -2.39. The summed E-state index contributed by atoms with van der Waals surface area (Å²) in [5, 5.41) is 11.3. The van der Waals surface area contributed by atoms with Crippen LogP contribution in [0.3, 0.4) is 0 Å². The highest BCUT2D eigenvalue weighted by atomic mass is 16.4. The minimum absolute atomic E-state index is 0.0439. The van der Waals surface area contributed by atoms with Crippen molar-refractivity contribution in [1.82, 2.24) is 10.2 Å². The van der Waals surface area contributed by atoms with Crippen molar-refractivity contribution in [2.75, 3.05) is 19.6 Å². The Labute approximate surface area is 114 Å². The van der Waals surface area contributed by atoms with Gasteiger partial charge in [-0.1, -0.05) is 6.42 Å². The van der Waals surface area contributed by atoms with Crippen LogP contribution in [0.25, 0.3) is 0 Å². The largest absolute Gasteiger partial charge is 0.481 e. The van der Waals surface area contributed by atoms with Crippen molar-refractivity contribution in [1.29, 1.82) is 0 Å². The van der Waals surface area contributed by atoms with Gasteiger partial charge >= 0.3 is 5.97 Å². The maximum Gasteiger partial charge on any atom is 0.303 e. The number of rotatable bonds is 7. The number of carbonyl (C=O) groups excluding carboxylic acids is 1. The van der Waals surface area contributed by atoms with Crippen molar-refractivity contribution in [3.05, 3.63) is 0 Å². The van der Waals surface area contributed by atoms with Gasteiger partial charge in [-0.25, -0.2) is 0 Å². The molecular formula is C13H25N3O3. The van der Waals surface area contributed by atoms with Crippen molar-refractivity contribution < 1.29 is 14.7 Å². The topological polar surface area (TPSA) is 95.7 Å². The molecule has 1 aliphatic rings. The number of nitrogens with zero attached hydrogens (tertiary/aromatic N) is 1. The summed E-state index contributed by atoms with van der Waals surface area (Å²) in [7, 11) is 0. The number of amides is 1. The maximum absolute atomic E-state index is 11.8. The number of nitrogens with two attached hydrogens (primary N) is 1. The summed E-state index contributed by atoms with van der Waals surface area (Å²) in [6.45, 7) is 3.48. The van der Waals surface area contributed by atoms with Crippen LogP contribution in [0.2, 0.25) is 0 Å². The summed E-state index contributed by atoms with van der Waals surface area (Å²) >= 11 is 0. The number of piperidine rings is 1. The molecule has 0 bridgehead atoms. The van der Waals surface area contributed by atoms with Crippen LogP contribution in [0.1, 0.15) is 39.0 Å². The molecule has 1 aliphatic heterocycles. The summed E-state index contributed by atoms with van der Waals surface area (Å²) in [6.07, 6.45) is 3.87. The zero-order chi connectivity index (χ0) is 14.3. The van der Waals surface area contributed by atoms with E-state index in [9.17, 15) is 9.59 Å². The molecule has 110 valence electrons. The monoisotopic (exact) mass is 271 g/mol. The number of carboxylic acid groups (broad SMARTS) is 1. The first-order valence-electron chi connectivity index (χ1n) is 6.99. The molecular weight excluding hydrogens is 246 g/mol. The third-order valence-electron chi connectivity index (χ3n) is 3.68. The van der Waals surface area contributed by atoms with E-state index in [1.54, 1.807) is 0 Å². The number of likely N-dealkylation sites (tertiary alicyclic amines) is 1. The van der Waals surface area contributed by atoms with Crippen LogP contribution in [0.4, 0.5) is 0 Å². The number of hydrogen-bond donors (Lipinski definition) is 3. The average Bonchev–Trinajstić information content (AvgIpc) is 2.37. The molecule has 0 aromatic heterocycles. The molecule has 2 atom stereocenters. The SMILES string of the molecule is CC1CCCC(CN)N1CC(=O)NCCCC(=O)O. The first kappa shape index (κ1) is 15.9. The van der Waals surface area contributed by atoms with Gasteiger partial charge in [0, 0.05) is 31.6 Å². The van der Waals surface area contributed by atoms with Gasteiger partial charge < -0.3 is 16.2 Å². The summed E-state index contributed by atoms with van der Waals surface area (Å²) in [5.74, 6) is -0.875. The predicted octanol–water partition coefficient (Wildman–Crippen LogP) is 0.169. The molecule has 4 N–H and O–H groups in total. The molecule has 0 aromatic carbocycles. The fourth-order valence-electron chi connectivity index (χ4n) is 2.57. The highest BCUT2D eigenvalue weighted by Gasteiger charge is 2.28. The fourth-order valence-corrected chi connectivity index (χ4v) is 2.57. The Hall–Kier alpha value is -1.14. The van der Waals surface area contributed by atoms with E-state index < -0.39 is 5.97 Å². The van der Waals surface area contributed by atoms with Gasteiger partial charge in [-0.15, -0.1) is 0 Å². The fraction of sp³-hybridized carbons (Fsp3) is 0.846. The average molecular weight is 271 g/mol. The van der Waals surface area contributed by atoms with E-state index in [0.29, 0.717) is 32.1 Å². The van der Waals surface area contributed by atoms with E-state index >= 15 is 0 Å². The lowest BCUT2D eigenvalue weighted by molar-refractivity contribution is -0.137. The van der Waals surface area contributed by atoms with Gasteiger partial charge in [-0.3, -0.25) is 14.5 Å². The number of carboxylic acids is 1. The number of carbonyl (C=O) groups is 2. The van der Waals surface area contributed by atoms with E-state index in [4.69, 9.17) is 10.8 Å². The molecule has 0 saturated carbocycles. The molecule has 0 aromatic rings. The molecule has 19 heavy (non-hydrogen) atoms. The standard InChI is InChI=1S/C13H25N3O3/c1-10-4-2-5-11(8-14)16(10)9-12(17)15-7-3-6-13(18)19/h10-11H,2-9,14H2,1H3,(H,15,17)(H,18,19). The van der Waals surface area contributed by atoms with Crippen molar-refractivity contribution in [3.8, 4) is 0 Å². The normalized spacial score (nSPS) is 24.1. The second-order valence-electron chi connectivity index (χ2n) is 5.19. The second kappa shape index (κ2) is 8.12. The molecule has 2 unspecified atom stereocenters. The molecule has 1 amide bonds. The number of hydrogen-bond acceptors (Lipinski definition) is 4. The van der Waals surface area contributed by atoms with Gasteiger partial charge in [-0.05, 0) is 26.2 Å². The third-order valence-corrected chi connectivity index (χ3v) is 3.68. The maximum atomic E-state index is 11.8. The Morgan fingerprint density at radius 3 is 2.79 bits per heavy atom. The predicted molar refractivity (Wildman–Crippen MR) is 72.7 cm³/mol. The summed E-state index contributed by atoms with van der Waals surface area (Å²) < 4.78 is 0. The van der Waals surface area contributed by atoms with Crippen molar-refractivity contribution in [2.24, 2.45) is 5.73 Å². The van der Waals surface area contributed by atoms with Crippen LogP contribution in [0.5, 0.6) is 0 Å². The van der Waals surface area contributed by atoms with Crippen molar-refractivity contribution in [3.63, 3.8) is 0 Å². The smallest absolute Gasteiger partial charge is 0.303 e. The Morgan fingerprint density at radius 1 is 1.42 bits per heavy atom. The molecule has 0 aliphatic carbocycles. The Morgan fingerprint density at radius 2 is 2.16 bits per heavy atom. The molecule has 1 fully saturated rings. The molecule has 6 nitrogen and oxygen atoms in total. The highest BCUT2D eigenvalue weighted by Crippen LogP contribution is 2.21. The van der Waals surface area contributed by atoms with E-state index in [1.807, 2.05) is 0 Å². The van der Waals surface area contributed by atoms with Crippen molar-refractivity contribution >= 4 is 11.9 Å². The van der Waals surface area contributed by atoms with E-state index in [0.717, 1.165) is 12.8 Å². The molecule has 0 radical (unpaired) electrons. The Kier molecular flexibility index (Phi) is 6.80. The van der Waals surface area contributed by atoms with Gasteiger partial charge in [0.05, 0.1) is 6.54 Å². The van der Waals surface area contributed by atoms with Crippen LogP contribution in [-0.2, 0) is 9.59 Å². The van der Waals surface area contributed by atoms with Crippen LogP contribution >= 0.6 is 0 Å². The summed E-state index contributed by atoms with van der Waals surface area (Å²) in [6, 6.07) is 0.667. The minimum atomic E-state index is -0.831. The lowest BCUT2D eigenvalue weighted by Crippen LogP contribution is -2.52. The molecule has 0 spiro atoms. The first-order valence-corrected chi connectivity index (χ1v) is 6.99. The van der Waals surface area contributed by atoms with Crippen LogP contribution in [0, 0.1) is 0 Å². The second-order valence-corrected chi connectivity index (χ2v) is 5.19. The van der Waals surface area contributed by atoms with Gasteiger partial charge in [0.1, 0.15) is 0 Å². The third kappa shape index (κ3) is 5.57. The zero-order valence-electron chi connectivity index (χ0n) is 11.6. The molecule has 6 heteroatoms. The van der Waals surface area contributed by atoms with Crippen LogP contribution in [0.15, 0.2) is 0 Å². The molecule has 1 saturated heterocycles. The summed E-state index contributed by atoms with van der Waals surface area (Å²) in [5.41, 5.74) is 5.75.